The predicted molar refractivity (Wildman–Crippen MR) is 128 cm³/mol. The Morgan fingerprint density at radius 2 is 1.61 bits per heavy atom. The highest BCUT2D eigenvalue weighted by Crippen LogP contribution is 2.31. The number of carbonyl (C=O) groups excluding carboxylic acids is 2. The topological polar surface area (TPSA) is 61.4 Å². The Morgan fingerprint density at radius 3 is 2.39 bits per heavy atom. The average Bonchev–Trinajstić information content (AvgIpc) is 3.23. The Morgan fingerprint density at radius 1 is 0.903 bits per heavy atom. The maximum absolute atomic E-state index is 12.6. The molecule has 5 nitrogen and oxygen atoms in total. The number of rotatable bonds is 8. The molecular formula is C25H25N3O2S. The molecule has 2 amide bonds. The van der Waals surface area contributed by atoms with Crippen LogP contribution < -0.4 is 15.5 Å². The van der Waals surface area contributed by atoms with Crippen LogP contribution >= 0.6 is 11.8 Å². The van der Waals surface area contributed by atoms with E-state index >= 15 is 0 Å². The van der Waals surface area contributed by atoms with Crippen LogP contribution in [0.5, 0.6) is 0 Å². The zero-order chi connectivity index (χ0) is 21.5. The third kappa shape index (κ3) is 5.47. The van der Waals surface area contributed by atoms with Gasteiger partial charge in [0.25, 0.3) is 0 Å². The summed E-state index contributed by atoms with van der Waals surface area (Å²) in [7, 11) is 0. The normalized spacial score (nSPS) is 13.3. The van der Waals surface area contributed by atoms with Gasteiger partial charge in [-0.3, -0.25) is 9.59 Å². The van der Waals surface area contributed by atoms with E-state index in [4.69, 9.17) is 0 Å². The Hall–Kier alpha value is -3.25. The molecule has 0 aliphatic carbocycles. The Labute approximate surface area is 186 Å². The maximum atomic E-state index is 12.6. The van der Waals surface area contributed by atoms with Gasteiger partial charge < -0.3 is 15.5 Å². The van der Waals surface area contributed by atoms with Crippen molar-refractivity contribution in [2.24, 2.45) is 0 Å². The minimum Gasteiger partial charge on any atom is -0.374 e. The third-order valence-corrected chi connectivity index (χ3v) is 6.25. The van der Waals surface area contributed by atoms with E-state index in [0.29, 0.717) is 6.42 Å². The fourth-order valence-electron chi connectivity index (χ4n) is 3.56. The minimum absolute atomic E-state index is 0.122. The van der Waals surface area contributed by atoms with E-state index < -0.39 is 0 Å². The molecule has 0 atom stereocenters. The fourth-order valence-corrected chi connectivity index (χ4v) is 4.53. The lowest BCUT2D eigenvalue weighted by molar-refractivity contribution is -0.117. The molecular weight excluding hydrogens is 406 g/mol. The second-order valence-corrected chi connectivity index (χ2v) is 8.36. The molecule has 158 valence electrons. The molecule has 0 spiro atoms. The van der Waals surface area contributed by atoms with Gasteiger partial charge in [-0.2, -0.15) is 0 Å². The van der Waals surface area contributed by atoms with E-state index in [1.54, 1.807) is 16.7 Å². The van der Waals surface area contributed by atoms with Gasteiger partial charge in [-0.15, -0.1) is 11.8 Å². The van der Waals surface area contributed by atoms with Gasteiger partial charge >= 0.3 is 0 Å². The second-order valence-electron chi connectivity index (χ2n) is 7.34. The molecule has 3 aromatic rings. The summed E-state index contributed by atoms with van der Waals surface area (Å²) >= 11 is 1.70. The molecule has 6 heteroatoms. The van der Waals surface area contributed by atoms with E-state index in [-0.39, 0.29) is 18.4 Å². The highest BCUT2D eigenvalue weighted by Gasteiger charge is 2.23. The summed E-state index contributed by atoms with van der Waals surface area (Å²) in [6.07, 6.45) is 1.44. The van der Waals surface area contributed by atoms with Crippen LogP contribution in [-0.4, -0.2) is 24.9 Å². The van der Waals surface area contributed by atoms with Crippen molar-refractivity contribution >= 4 is 40.6 Å². The van der Waals surface area contributed by atoms with Crippen LogP contribution in [-0.2, 0) is 15.3 Å². The van der Waals surface area contributed by atoms with Crippen LogP contribution in [0.15, 0.2) is 83.8 Å². The van der Waals surface area contributed by atoms with Crippen molar-refractivity contribution in [1.82, 2.24) is 0 Å². The molecule has 0 bridgehead atoms. The van der Waals surface area contributed by atoms with Crippen LogP contribution in [0.4, 0.5) is 17.1 Å². The van der Waals surface area contributed by atoms with Crippen LogP contribution in [0, 0.1) is 0 Å². The molecule has 1 fully saturated rings. The van der Waals surface area contributed by atoms with Crippen LogP contribution in [0.2, 0.25) is 0 Å². The van der Waals surface area contributed by atoms with Gasteiger partial charge in [0, 0.05) is 23.6 Å². The predicted octanol–water partition coefficient (Wildman–Crippen LogP) is 5.16. The number of benzene rings is 3. The molecule has 31 heavy (non-hydrogen) atoms. The van der Waals surface area contributed by atoms with E-state index in [9.17, 15) is 9.59 Å². The summed E-state index contributed by atoms with van der Waals surface area (Å²) in [6, 6.07) is 25.7. The molecule has 4 rings (SSSR count). The van der Waals surface area contributed by atoms with Gasteiger partial charge in [0.15, 0.2) is 0 Å². The Bertz CT molecular complexity index is 1060. The maximum Gasteiger partial charge on any atom is 0.243 e. The summed E-state index contributed by atoms with van der Waals surface area (Å²) in [4.78, 5) is 27.6. The first-order valence-corrected chi connectivity index (χ1v) is 11.4. The molecule has 1 aliphatic rings. The lowest BCUT2D eigenvalue weighted by Crippen LogP contribution is -2.26. The number of amides is 2. The number of nitrogens with zero attached hydrogens (tertiary/aromatic N) is 1. The fraction of sp³-hybridized carbons (Fsp3) is 0.200. The summed E-state index contributed by atoms with van der Waals surface area (Å²) in [5.41, 5.74) is 3.66. The smallest absolute Gasteiger partial charge is 0.243 e. The van der Waals surface area contributed by atoms with Gasteiger partial charge in [-0.05, 0) is 36.2 Å². The monoisotopic (exact) mass is 431 g/mol. The van der Waals surface area contributed by atoms with Gasteiger partial charge in [0.2, 0.25) is 11.8 Å². The lowest BCUT2D eigenvalue weighted by atomic mass is 10.2. The van der Waals surface area contributed by atoms with Gasteiger partial charge in [0.1, 0.15) is 0 Å². The molecule has 2 N–H and O–H groups in total. The molecule has 1 aliphatic heterocycles. The largest absolute Gasteiger partial charge is 0.374 e. The zero-order valence-electron chi connectivity index (χ0n) is 17.2. The first-order valence-electron chi connectivity index (χ1n) is 10.4. The van der Waals surface area contributed by atoms with Crippen molar-refractivity contribution in [3.63, 3.8) is 0 Å². The number of anilines is 3. The van der Waals surface area contributed by atoms with E-state index in [1.807, 2.05) is 66.7 Å². The van der Waals surface area contributed by atoms with Crippen LogP contribution in [0.3, 0.4) is 0 Å². The minimum atomic E-state index is -0.129. The number of para-hydroxylation sites is 3. The lowest BCUT2D eigenvalue weighted by Gasteiger charge is -2.20. The van der Waals surface area contributed by atoms with Crippen molar-refractivity contribution < 1.29 is 9.59 Å². The number of carbonyl (C=O) groups is 2. The molecule has 3 aromatic carbocycles. The molecule has 0 unspecified atom stereocenters. The number of nitrogens with one attached hydrogen (secondary N) is 2. The number of hydrogen-bond donors (Lipinski definition) is 2. The standard InChI is InChI=1S/C25H25N3O2S/c29-24(17-26-20-11-4-6-13-22(20)28-16-8-15-25(28)30)27-21-12-5-7-14-23(21)31-18-19-9-2-1-3-10-19/h1-7,9-14,26H,8,15-18H2,(H,27,29). The molecule has 0 radical (unpaired) electrons. The highest BCUT2D eigenvalue weighted by molar-refractivity contribution is 7.98. The van der Waals surface area contributed by atoms with Crippen molar-refractivity contribution in [2.75, 3.05) is 28.6 Å². The highest BCUT2D eigenvalue weighted by atomic mass is 32.2. The van der Waals surface area contributed by atoms with Crippen molar-refractivity contribution in [2.45, 2.75) is 23.5 Å². The summed E-state index contributed by atoms with van der Waals surface area (Å²) < 4.78 is 0. The number of thioether (sulfide) groups is 1. The van der Waals surface area contributed by atoms with E-state index in [2.05, 4.69) is 22.8 Å². The summed E-state index contributed by atoms with van der Waals surface area (Å²) in [5.74, 6) is 0.835. The van der Waals surface area contributed by atoms with Crippen molar-refractivity contribution in [3.05, 3.63) is 84.4 Å². The zero-order valence-corrected chi connectivity index (χ0v) is 18.0. The second kappa shape index (κ2) is 10.2. The van der Waals surface area contributed by atoms with E-state index in [1.165, 1.54) is 5.56 Å². The van der Waals surface area contributed by atoms with Crippen molar-refractivity contribution in [3.8, 4) is 0 Å². The van der Waals surface area contributed by atoms with Gasteiger partial charge in [-0.25, -0.2) is 0 Å². The summed E-state index contributed by atoms with van der Waals surface area (Å²) in [6.45, 7) is 0.840. The average molecular weight is 432 g/mol. The van der Waals surface area contributed by atoms with Crippen molar-refractivity contribution in [1.29, 1.82) is 0 Å². The van der Waals surface area contributed by atoms with Crippen LogP contribution in [0.25, 0.3) is 0 Å². The summed E-state index contributed by atoms with van der Waals surface area (Å²) in [5, 5.41) is 6.21. The molecule has 0 aromatic heterocycles. The quantitative estimate of drug-likeness (QED) is 0.484. The molecule has 0 saturated carbocycles. The Balaban J connectivity index is 1.37. The third-order valence-electron chi connectivity index (χ3n) is 5.11. The first-order chi connectivity index (χ1) is 15.2. The molecule has 1 saturated heterocycles. The Kier molecular flexibility index (Phi) is 6.89. The van der Waals surface area contributed by atoms with E-state index in [0.717, 1.165) is 40.7 Å². The SMILES string of the molecule is O=C(CNc1ccccc1N1CCCC1=O)Nc1ccccc1SCc1ccccc1. The van der Waals surface area contributed by atoms with Crippen LogP contribution in [0.1, 0.15) is 18.4 Å². The first kappa shape index (κ1) is 21.0. The van der Waals surface area contributed by atoms with Gasteiger partial charge in [0.05, 0.1) is 23.6 Å². The molecule has 1 heterocycles. The van der Waals surface area contributed by atoms with Gasteiger partial charge in [-0.1, -0.05) is 54.6 Å². The number of hydrogen-bond acceptors (Lipinski definition) is 4.